The molecule has 1 N–H and O–H groups in total. The van der Waals surface area contributed by atoms with Crippen LogP contribution in [0.25, 0.3) is 0 Å². The smallest absolute Gasteiger partial charge is 0.339 e. The van der Waals surface area contributed by atoms with Crippen molar-refractivity contribution in [1.29, 1.82) is 0 Å². The van der Waals surface area contributed by atoms with Crippen LogP contribution in [-0.4, -0.2) is 41.9 Å². The highest BCUT2D eigenvalue weighted by molar-refractivity contribution is 5.95. The Bertz CT molecular complexity index is 448. The molecule has 98 valence electrons. The number of anilines is 1. The number of aromatic carboxylic acids is 1. The van der Waals surface area contributed by atoms with E-state index in [1.165, 1.54) is 0 Å². The zero-order valence-corrected chi connectivity index (χ0v) is 10.7. The van der Waals surface area contributed by atoms with Gasteiger partial charge in [0.1, 0.15) is 11.4 Å². The summed E-state index contributed by atoms with van der Waals surface area (Å²) in [5, 5.41) is 9.34. The standard InChI is InChI=1S/C13H18N2O3/c1-3-10-8-18-7-6-15(10)12-11(13(16)17)9(2)4-5-14-12/h4-5,10H,3,6-8H2,1-2H3,(H,16,17). The summed E-state index contributed by atoms with van der Waals surface area (Å²) in [6.07, 6.45) is 2.58. The van der Waals surface area contributed by atoms with Crippen molar-refractivity contribution in [3.05, 3.63) is 23.4 Å². The zero-order valence-electron chi connectivity index (χ0n) is 10.7. The van der Waals surface area contributed by atoms with E-state index in [1.807, 2.05) is 0 Å². The Morgan fingerprint density at radius 3 is 3.11 bits per heavy atom. The monoisotopic (exact) mass is 250 g/mol. The van der Waals surface area contributed by atoms with Crippen LogP contribution in [0, 0.1) is 6.92 Å². The third-order valence-electron chi connectivity index (χ3n) is 3.32. The van der Waals surface area contributed by atoms with E-state index in [2.05, 4.69) is 16.8 Å². The molecule has 5 heteroatoms. The second-order valence-corrected chi connectivity index (χ2v) is 4.46. The molecule has 2 heterocycles. The van der Waals surface area contributed by atoms with Crippen LogP contribution >= 0.6 is 0 Å². The Morgan fingerprint density at radius 2 is 2.44 bits per heavy atom. The van der Waals surface area contributed by atoms with E-state index in [-0.39, 0.29) is 6.04 Å². The van der Waals surface area contributed by atoms with Gasteiger partial charge in [0.2, 0.25) is 0 Å². The van der Waals surface area contributed by atoms with Gasteiger partial charge < -0.3 is 14.7 Å². The van der Waals surface area contributed by atoms with Crippen molar-refractivity contribution >= 4 is 11.8 Å². The van der Waals surface area contributed by atoms with Crippen LogP contribution < -0.4 is 4.90 Å². The van der Waals surface area contributed by atoms with Gasteiger partial charge in [-0.05, 0) is 25.0 Å². The van der Waals surface area contributed by atoms with Gasteiger partial charge in [0.15, 0.2) is 0 Å². The summed E-state index contributed by atoms with van der Waals surface area (Å²) >= 11 is 0. The van der Waals surface area contributed by atoms with Crippen LogP contribution in [-0.2, 0) is 4.74 Å². The number of carboxylic acid groups (broad SMARTS) is 1. The molecule has 1 fully saturated rings. The molecule has 0 aromatic carbocycles. The first-order valence-electron chi connectivity index (χ1n) is 6.18. The molecule has 1 aromatic heterocycles. The number of carboxylic acids is 1. The van der Waals surface area contributed by atoms with E-state index in [4.69, 9.17) is 4.74 Å². The Morgan fingerprint density at radius 1 is 1.67 bits per heavy atom. The summed E-state index contributed by atoms with van der Waals surface area (Å²) in [6.45, 7) is 5.81. The van der Waals surface area contributed by atoms with Crippen LogP contribution in [0.3, 0.4) is 0 Å². The van der Waals surface area contributed by atoms with E-state index in [9.17, 15) is 9.90 Å². The number of ether oxygens (including phenoxy) is 1. The van der Waals surface area contributed by atoms with Gasteiger partial charge in [0.05, 0.1) is 19.3 Å². The average Bonchev–Trinajstić information content (AvgIpc) is 2.38. The molecule has 1 aliphatic heterocycles. The van der Waals surface area contributed by atoms with E-state index in [1.54, 1.807) is 19.2 Å². The minimum atomic E-state index is -0.919. The summed E-state index contributed by atoms with van der Waals surface area (Å²) in [5.41, 5.74) is 1.05. The first kappa shape index (κ1) is 12.8. The Balaban J connectivity index is 2.42. The van der Waals surface area contributed by atoms with Gasteiger partial charge in [0, 0.05) is 12.7 Å². The fraction of sp³-hybridized carbons (Fsp3) is 0.538. The second kappa shape index (κ2) is 5.35. The quantitative estimate of drug-likeness (QED) is 0.884. The van der Waals surface area contributed by atoms with Crippen molar-refractivity contribution in [3.8, 4) is 0 Å². The van der Waals surface area contributed by atoms with E-state index < -0.39 is 5.97 Å². The van der Waals surface area contributed by atoms with Gasteiger partial charge in [-0.1, -0.05) is 6.92 Å². The maximum atomic E-state index is 11.4. The molecule has 0 aliphatic carbocycles. The Kier molecular flexibility index (Phi) is 3.81. The number of hydrogen-bond acceptors (Lipinski definition) is 4. The summed E-state index contributed by atoms with van der Waals surface area (Å²) in [4.78, 5) is 17.7. The second-order valence-electron chi connectivity index (χ2n) is 4.46. The van der Waals surface area contributed by atoms with Crippen molar-refractivity contribution in [3.63, 3.8) is 0 Å². The molecule has 5 nitrogen and oxygen atoms in total. The summed E-state index contributed by atoms with van der Waals surface area (Å²) < 4.78 is 5.44. The topological polar surface area (TPSA) is 62.7 Å². The molecule has 0 bridgehead atoms. The van der Waals surface area contributed by atoms with E-state index in [0.29, 0.717) is 31.1 Å². The molecule has 1 unspecified atom stereocenters. The maximum absolute atomic E-state index is 11.4. The van der Waals surface area contributed by atoms with Crippen molar-refractivity contribution in [2.45, 2.75) is 26.3 Å². The number of morpholine rings is 1. The third kappa shape index (κ3) is 2.31. The van der Waals surface area contributed by atoms with Gasteiger partial charge in [-0.3, -0.25) is 0 Å². The summed E-state index contributed by atoms with van der Waals surface area (Å²) in [7, 11) is 0. The van der Waals surface area contributed by atoms with Crippen LogP contribution in [0.1, 0.15) is 29.3 Å². The van der Waals surface area contributed by atoms with Gasteiger partial charge in [-0.25, -0.2) is 9.78 Å². The molecule has 0 saturated carbocycles. The molecule has 1 atom stereocenters. The number of aryl methyl sites for hydroxylation is 1. The van der Waals surface area contributed by atoms with Gasteiger partial charge in [-0.2, -0.15) is 0 Å². The molecule has 0 radical (unpaired) electrons. The molecular formula is C13H18N2O3. The molecule has 1 aliphatic rings. The molecule has 0 spiro atoms. The van der Waals surface area contributed by atoms with Crippen LogP contribution in [0.4, 0.5) is 5.82 Å². The number of carbonyl (C=O) groups is 1. The van der Waals surface area contributed by atoms with Crippen molar-refractivity contribution < 1.29 is 14.6 Å². The summed E-state index contributed by atoms with van der Waals surface area (Å²) in [6, 6.07) is 1.93. The highest BCUT2D eigenvalue weighted by Crippen LogP contribution is 2.25. The summed E-state index contributed by atoms with van der Waals surface area (Å²) in [5.74, 6) is -0.352. The van der Waals surface area contributed by atoms with Gasteiger partial charge in [-0.15, -0.1) is 0 Å². The largest absolute Gasteiger partial charge is 0.478 e. The Hall–Kier alpha value is -1.62. The van der Waals surface area contributed by atoms with Crippen LogP contribution in [0.5, 0.6) is 0 Å². The number of nitrogens with zero attached hydrogens (tertiary/aromatic N) is 2. The highest BCUT2D eigenvalue weighted by Gasteiger charge is 2.27. The molecule has 0 amide bonds. The highest BCUT2D eigenvalue weighted by atomic mass is 16.5. The van der Waals surface area contributed by atoms with E-state index in [0.717, 1.165) is 12.0 Å². The maximum Gasteiger partial charge on any atom is 0.339 e. The fourth-order valence-electron chi connectivity index (χ4n) is 2.30. The van der Waals surface area contributed by atoms with E-state index >= 15 is 0 Å². The van der Waals surface area contributed by atoms with Gasteiger partial charge >= 0.3 is 5.97 Å². The third-order valence-corrected chi connectivity index (χ3v) is 3.32. The predicted molar refractivity (Wildman–Crippen MR) is 68.2 cm³/mol. The number of aromatic nitrogens is 1. The molecule has 1 saturated heterocycles. The normalized spacial score (nSPS) is 19.9. The number of hydrogen-bond donors (Lipinski definition) is 1. The van der Waals surface area contributed by atoms with Crippen LogP contribution in [0.2, 0.25) is 0 Å². The average molecular weight is 250 g/mol. The first-order chi connectivity index (χ1) is 8.65. The van der Waals surface area contributed by atoms with Crippen molar-refractivity contribution in [2.75, 3.05) is 24.7 Å². The predicted octanol–water partition coefficient (Wildman–Crippen LogP) is 1.70. The van der Waals surface area contributed by atoms with Crippen molar-refractivity contribution in [2.24, 2.45) is 0 Å². The zero-order chi connectivity index (χ0) is 13.1. The Labute approximate surface area is 106 Å². The lowest BCUT2D eigenvalue weighted by Crippen LogP contribution is -2.46. The molecule has 1 aromatic rings. The van der Waals surface area contributed by atoms with Crippen LogP contribution in [0.15, 0.2) is 12.3 Å². The SMILES string of the molecule is CCC1COCCN1c1nccc(C)c1C(=O)O. The lowest BCUT2D eigenvalue weighted by atomic mass is 10.1. The number of pyridine rings is 1. The molecular weight excluding hydrogens is 232 g/mol. The van der Waals surface area contributed by atoms with Crippen molar-refractivity contribution in [1.82, 2.24) is 4.98 Å². The lowest BCUT2D eigenvalue weighted by Gasteiger charge is -2.36. The lowest BCUT2D eigenvalue weighted by molar-refractivity contribution is 0.0692. The minimum absolute atomic E-state index is 0.200. The molecule has 2 rings (SSSR count). The molecule has 18 heavy (non-hydrogen) atoms. The fourth-order valence-corrected chi connectivity index (χ4v) is 2.30. The minimum Gasteiger partial charge on any atom is -0.478 e. The number of rotatable bonds is 3. The first-order valence-corrected chi connectivity index (χ1v) is 6.18. The van der Waals surface area contributed by atoms with Gasteiger partial charge in [0.25, 0.3) is 0 Å².